The molecule has 2 aliphatic rings. The third kappa shape index (κ3) is 3.67. The molecule has 0 spiro atoms. The average Bonchev–Trinajstić information content (AvgIpc) is 2.71. The van der Waals surface area contributed by atoms with Crippen molar-refractivity contribution in [3.63, 3.8) is 0 Å². The highest BCUT2D eigenvalue weighted by Gasteiger charge is 2.33. The summed E-state index contributed by atoms with van der Waals surface area (Å²) in [7, 11) is 0. The summed E-state index contributed by atoms with van der Waals surface area (Å²) in [6, 6.07) is 8.32. The van der Waals surface area contributed by atoms with Gasteiger partial charge in [0.2, 0.25) is 0 Å². The number of allylic oxidation sites excluding steroid dienone is 4. The highest BCUT2D eigenvalue weighted by atomic mass is 16.3. The molecule has 0 bridgehead atoms. The van der Waals surface area contributed by atoms with Gasteiger partial charge >= 0.3 is 0 Å². The van der Waals surface area contributed by atoms with E-state index in [1.54, 1.807) is 6.20 Å². The molecule has 3 nitrogen and oxygen atoms in total. The molecule has 0 aliphatic heterocycles. The zero-order valence-electron chi connectivity index (χ0n) is 19.2. The van der Waals surface area contributed by atoms with E-state index >= 15 is 0 Å². The van der Waals surface area contributed by atoms with Crippen LogP contribution in [0.15, 0.2) is 55.0 Å². The summed E-state index contributed by atoms with van der Waals surface area (Å²) in [6.07, 6.45) is 8.01. The minimum Gasteiger partial charge on any atom is -0.512 e. The van der Waals surface area contributed by atoms with E-state index in [-0.39, 0.29) is 22.4 Å². The second-order valence-corrected chi connectivity index (χ2v) is 10.00. The topological polar surface area (TPSA) is 50.2 Å². The Hall–Kier alpha value is -2.94. The van der Waals surface area contributed by atoms with Crippen molar-refractivity contribution in [3.05, 3.63) is 88.5 Å². The fourth-order valence-electron chi connectivity index (χ4n) is 4.71. The number of aromatic nitrogens is 1. The van der Waals surface area contributed by atoms with Crippen LogP contribution in [0, 0.1) is 6.92 Å². The molecule has 0 atom stereocenters. The monoisotopic (exact) mass is 413 g/mol. The Bertz CT molecular complexity index is 1140. The fourth-order valence-corrected chi connectivity index (χ4v) is 4.71. The Morgan fingerprint density at radius 1 is 1.03 bits per heavy atom. The second-order valence-electron chi connectivity index (χ2n) is 10.00. The van der Waals surface area contributed by atoms with E-state index in [0.29, 0.717) is 30.4 Å². The SMILES string of the molecule is C=C(c1ccc(C2=C(O)CCCC2=O)cn1)c1cc2c(cc1C)C(C)(C)C=CC2(C)C. The van der Waals surface area contributed by atoms with Crippen LogP contribution in [0.25, 0.3) is 11.1 Å². The highest BCUT2D eigenvalue weighted by molar-refractivity contribution is 6.21. The molecule has 0 fully saturated rings. The van der Waals surface area contributed by atoms with Crippen molar-refractivity contribution in [1.29, 1.82) is 0 Å². The van der Waals surface area contributed by atoms with Gasteiger partial charge in [-0.15, -0.1) is 0 Å². The smallest absolute Gasteiger partial charge is 0.166 e. The largest absolute Gasteiger partial charge is 0.512 e. The molecule has 1 N–H and O–H groups in total. The lowest BCUT2D eigenvalue weighted by atomic mass is 9.67. The van der Waals surface area contributed by atoms with E-state index in [1.165, 1.54) is 16.7 Å². The van der Waals surface area contributed by atoms with E-state index in [0.717, 1.165) is 16.8 Å². The first-order chi connectivity index (χ1) is 14.5. The predicted octanol–water partition coefficient (Wildman–Crippen LogP) is 6.60. The molecule has 1 aromatic carbocycles. The maximum Gasteiger partial charge on any atom is 0.166 e. The van der Waals surface area contributed by atoms with Crippen LogP contribution < -0.4 is 0 Å². The Morgan fingerprint density at radius 3 is 2.26 bits per heavy atom. The number of hydrogen-bond donors (Lipinski definition) is 1. The van der Waals surface area contributed by atoms with Gasteiger partial charge in [-0.25, -0.2) is 0 Å². The molecule has 3 heteroatoms. The number of carbonyl (C=O) groups excluding carboxylic acids is 1. The van der Waals surface area contributed by atoms with E-state index < -0.39 is 0 Å². The molecule has 1 heterocycles. The number of nitrogens with zero attached hydrogens (tertiary/aromatic N) is 1. The molecule has 2 aliphatic carbocycles. The molecule has 0 saturated carbocycles. The highest BCUT2D eigenvalue weighted by Crippen LogP contribution is 2.43. The molecule has 1 aromatic heterocycles. The summed E-state index contributed by atoms with van der Waals surface area (Å²) in [5, 5.41) is 10.2. The van der Waals surface area contributed by atoms with Crippen molar-refractivity contribution in [2.45, 2.75) is 64.7 Å². The number of pyridine rings is 1. The van der Waals surface area contributed by atoms with Gasteiger partial charge in [0.1, 0.15) is 5.76 Å². The lowest BCUT2D eigenvalue weighted by molar-refractivity contribution is -0.114. The zero-order chi connectivity index (χ0) is 22.6. The molecular weight excluding hydrogens is 382 g/mol. The maximum absolute atomic E-state index is 12.3. The maximum atomic E-state index is 12.3. The summed E-state index contributed by atoms with van der Waals surface area (Å²) in [5.41, 5.74) is 7.63. The average molecular weight is 414 g/mol. The van der Waals surface area contributed by atoms with Gasteiger partial charge in [0.25, 0.3) is 0 Å². The number of hydrogen-bond acceptors (Lipinski definition) is 3. The quantitative estimate of drug-likeness (QED) is 0.577. The van der Waals surface area contributed by atoms with Crippen molar-refractivity contribution in [2.24, 2.45) is 0 Å². The number of Topliss-reactive ketones (excluding diaryl/α,β-unsaturated/α-hetero) is 1. The number of rotatable bonds is 3. The van der Waals surface area contributed by atoms with Crippen molar-refractivity contribution in [3.8, 4) is 0 Å². The van der Waals surface area contributed by atoms with Crippen molar-refractivity contribution in [1.82, 2.24) is 4.98 Å². The van der Waals surface area contributed by atoms with E-state index in [2.05, 4.69) is 70.5 Å². The summed E-state index contributed by atoms with van der Waals surface area (Å²) < 4.78 is 0. The third-order valence-corrected chi connectivity index (χ3v) is 6.74. The number of carbonyl (C=O) groups is 1. The summed E-state index contributed by atoms with van der Waals surface area (Å²) >= 11 is 0. The van der Waals surface area contributed by atoms with Crippen LogP contribution in [0.1, 0.15) is 80.5 Å². The lowest BCUT2D eigenvalue weighted by Gasteiger charge is -2.37. The summed E-state index contributed by atoms with van der Waals surface area (Å²) in [4.78, 5) is 16.9. The number of aryl methyl sites for hydroxylation is 1. The molecule has 0 saturated heterocycles. The Kier molecular flexibility index (Phi) is 5.04. The van der Waals surface area contributed by atoms with Gasteiger partial charge in [0.05, 0.1) is 11.3 Å². The zero-order valence-corrected chi connectivity index (χ0v) is 19.2. The van der Waals surface area contributed by atoms with Gasteiger partial charge in [-0.1, -0.05) is 58.6 Å². The number of aliphatic hydroxyl groups is 1. The predicted molar refractivity (Wildman–Crippen MR) is 127 cm³/mol. The Morgan fingerprint density at radius 2 is 1.68 bits per heavy atom. The van der Waals surface area contributed by atoms with E-state index in [4.69, 9.17) is 0 Å². The van der Waals surface area contributed by atoms with Gasteiger partial charge in [-0.3, -0.25) is 9.78 Å². The molecule has 31 heavy (non-hydrogen) atoms. The van der Waals surface area contributed by atoms with Crippen LogP contribution in [-0.2, 0) is 15.6 Å². The molecule has 0 unspecified atom stereocenters. The van der Waals surface area contributed by atoms with Crippen LogP contribution in [-0.4, -0.2) is 15.9 Å². The number of ketones is 1. The molecule has 160 valence electrons. The molecule has 4 rings (SSSR count). The van der Waals surface area contributed by atoms with Crippen molar-refractivity contribution >= 4 is 16.9 Å². The van der Waals surface area contributed by atoms with Crippen molar-refractivity contribution < 1.29 is 9.90 Å². The Labute approximate surface area is 185 Å². The van der Waals surface area contributed by atoms with Crippen LogP contribution in [0.5, 0.6) is 0 Å². The minimum absolute atomic E-state index is 0.00235. The van der Waals surface area contributed by atoms with Crippen LogP contribution in [0.2, 0.25) is 0 Å². The number of fused-ring (bicyclic) bond motifs is 1. The van der Waals surface area contributed by atoms with Gasteiger partial charge in [-0.05, 0) is 47.7 Å². The van der Waals surface area contributed by atoms with Crippen LogP contribution >= 0.6 is 0 Å². The van der Waals surface area contributed by atoms with Gasteiger partial charge < -0.3 is 5.11 Å². The van der Waals surface area contributed by atoms with Gasteiger partial charge in [-0.2, -0.15) is 0 Å². The molecule has 0 amide bonds. The standard InChI is InChI=1S/C28H31NO2/c1-17-14-21-22(28(5,6)13-12-27(21,3)4)15-20(17)18(2)23-11-10-19(16-29-23)26-24(30)8-7-9-25(26)31/h10-16,30H,2,7-9H2,1,3-6H3. The second kappa shape index (κ2) is 7.33. The Balaban J connectivity index is 1.72. The summed E-state index contributed by atoms with van der Waals surface area (Å²) in [5.74, 6) is 0.161. The first-order valence-corrected chi connectivity index (χ1v) is 11.0. The van der Waals surface area contributed by atoms with Gasteiger partial charge in [0.15, 0.2) is 5.78 Å². The summed E-state index contributed by atoms with van der Waals surface area (Å²) in [6.45, 7) is 15.5. The van der Waals surface area contributed by atoms with Gasteiger partial charge in [0, 0.05) is 41.0 Å². The van der Waals surface area contributed by atoms with E-state index in [1.807, 2.05) is 12.1 Å². The number of aliphatic hydroxyl groups excluding tert-OH is 1. The third-order valence-electron chi connectivity index (χ3n) is 6.74. The molecular formula is C28H31NO2. The van der Waals surface area contributed by atoms with Crippen LogP contribution in [0.4, 0.5) is 0 Å². The molecule has 2 aromatic rings. The van der Waals surface area contributed by atoms with E-state index in [9.17, 15) is 9.90 Å². The van der Waals surface area contributed by atoms with Crippen molar-refractivity contribution in [2.75, 3.05) is 0 Å². The minimum atomic E-state index is -0.0454. The molecule has 0 radical (unpaired) electrons. The fraction of sp³-hybridized carbons (Fsp3) is 0.357. The first kappa shape index (κ1) is 21.3. The van der Waals surface area contributed by atoms with Crippen LogP contribution in [0.3, 0.4) is 0 Å². The normalized spacial score (nSPS) is 19.3. The first-order valence-electron chi connectivity index (χ1n) is 11.0. The number of benzene rings is 1. The lowest BCUT2D eigenvalue weighted by Crippen LogP contribution is -2.29.